The minimum atomic E-state index is -0.432. The number of anilines is 1. The maximum Gasteiger partial charge on any atom is 0.227 e. The summed E-state index contributed by atoms with van der Waals surface area (Å²) in [6.45, 7) is 2.63. The lowest BCUT2D eigenvalue weighted by molar-refractivity contribution is -0.136. The molecule has 2 aliphatic heterocycles. The Kier molecular flexibility index (Phi) is 4.39. The van der Waals surface area contributed by atoms with Gasteiger partial charge in [-0.25, -0.2) is 0 Å². The van der Waals surface area contributed by atoms with Crippen LogP contribution in [0.2, 0.25) is 0 Å². The third kappa shape index (κ3) is 3.11. The fourth-order valence-electron chi connectivity index (χ4n) is 3.69. The van der Waals surface area contributed by atoms with Crippen molar-refractivity contribution in [2.45, 2.75) is 44.6 Å². The first-order chi connectivity index (χ1) is 11.0. The van der Waals surface area contributed by atoms with Crippen molar-refractivity contribution < 1.29 is 14.7 Å². The second-order valence-corrected chi connectivity index (χ2v) is 6.89. The first-order valence-corrected chi connectivity index (χ1v) is 8.33. The van der Waals surface area contributed by atoms with Gasteiger partial charge in [-0.1, -0.05) is 18.2 Å². The molecule has 2 amide bonds. The van der Waals surface area contributed by atoms with Crippen LogP contribution in [-0.4, -0.2) is 40.5 Å². The minimum absolute atomic E-state index is 0.00263. The van der Waals surface area contributed by atoms with Crippen LogP contribution in [0, 0.1) is 5.92 Å². The number of carbonyl (C=O) groups is 2. The summed E-state index contributed by atoms with van der Waals surface area (Å²) in [5.74, 6) is -0.106. The number of carbonyl (C=O) groups excluding carboxylic acids is 2. The summed E-state index contributed by atoms with van der Waals surface area (Å²) in [6.07, 6.45) is 3.37. The summed E-state index contributed by atoms with van der Waals surface area (Å²) >= 11 is 0. The Labute approximate surface area is 136 Å². The number of aliphatic hydroxyl groups excluding tert-OH is 1. The summed E-state index contributed by atoms with van der Waals surface area (Å²) in [5, 5.41) is 12.5. The summed E-state index contributed by atoms with van der Waals surface area (Å²) in [6, 6.07) is 7.81. The van der Waals surface area contributed by atoms with Crippen molar-refractivity contribution >= 4 is 17.5 Å². The Hall–Kier alpha value is -1.88. The number of nitrogens with one attached hydrogen (secondary N) is 1. The number of nitrogens with zero attached hydrogens (tertiary/aromatic N) is 1. The third-order valence-electron chi connectivity index (χ3n) is 5.21. The second-order valence-electron chi connectivity index (χ2n) is 6.89. The van der Waals surface area contributed by atoms with Crippen molar-refractivity contribution in [1.29, 1.82) is 0 Å². The minimum Gasteiger partial charge on any atom is -0.394 e. The van der Waals surface area contributed by atoms with Gasteiger partial charge >= 0.3 is 0 Å². The molecule has 3 rings (SSSR count). The van der Waals surface area contributed by atoms with Gasteiger partial charge in [0.2, 0.25) is 11.8 Å². The van der Waals surface area contributed by atoms with E-state index in [1.807, 2.05) is 31.2 Å². The number of aliphatic hydroxyl groups is 1. The zero-order valence-electron chi connectivity index (χ0n) is 13.5. The smallest absolute Gasteiger partial charge is 0.227 e. The number of likely N-dealkylation sites (tertiary alicyclic amines) is 1. The molecule has 1 fully saturated rings. The number of amides is 2. The number of rotatable bonds is 4. The molecule has 5 heteroatoms. The molecule has 2 aliphatic rings. The maximum atomic E-state index is 12.5. The predicted molar refractivity (Wildman–Crippen MR) is 87.9 cm³/mol. The van der Waals surface area contributed by atoms with E-state index in [-0.39, 0.29) is 24.3 Å². The Morgan fingerprint density at radius 3 is 3.00 bits per heavy atom. The molecule has 124 valence electrons. The van der Waals surface area contributed by atoms with E-state index in [2.05, 4.69) is 5.32 Å². The second kappa shape index (κ2) is 6.32. The van der Waals surface area contributed by atoms with Crippen LogP contribution in [0.1, 0.15) is 38.2 Å². The average molecular weight is 316 g/mol. The molecule has 1 aromatic rings. The molecule has 0 aromatic heterocycles. The molecule has 0 unspecified atom stereocenters. The van der Waals surface area contributed by atoms with Crippen molar-refractivity contribution in [3.8, 4) is 0 Å². The van der Waals surface area contributed by atoms with Gasteiger partial charge in [0.1, 0.15) is 0 Å². The molecule has 2 N–H and O–H groups in total. The van der Waals surface area contributed by atoms with Crippen LogP contribution in [0.5, 0.6) is 0 Å². The van der Waals surface area contributed by atoms with Crippen molar-refractivity contribution in [2.75, 3.05) is 18.5 Å². The van der Waals surface area contributed by atoms with Crippen LogP contribution in [0.4, 0.5) is 5.69 Å². The lowest BCUT2D eigenvalue weighted by atomic mass is 9.89. The number of para-hydroxylation sites is 1. The Morgan fingerprint density at radius 2 is 2.22 bits per heavy atom. The number of fused-ring (bicyclic) bond motifs is 1. The van der Waals surface area contributed by atoms with Crippen LogP contribution < -0.4 is 5.32 Å². The van der Waals surface area contributed by atoms with Crippen molar-refractivity contribution in [1.82, 2.24) is 4.90 Å². The Balaban J connectivity index is 1.60. The first kappa shape index (κ1) is 16.0. The van der Waals surface area contributed by atoms with E-state index in [4.69, 9.17) is 0 Å². The standard InChI is InChI=1S/C18H24N2O3/c1-18(12-21)9-4-10-20(18)16(22)8-7-14-11-13-5-2-3-6-15(13)19-17(14)23/h2-3,5-6,14,21H,4,7-12H2,1H3,(H,19,23)/t14-,18+/m0/s1. The van der Waals surface area contributed by atoms with Gasteiger partial charge in [-0.05, 0) is 44.2 Å². The Morgan fingerprint density at radius 1 is 1.43 bits per heavy atom. The molecule has 0 bridgehead atoms. The van der Waals surface area contributed by atoms with E-state index in [9.17, 15) is 14.7 Å². The highest BCUT2D eigenvalue weighted by molar-refractivity contribution is 5.96. The fourth-order valence-corrected chi connectivity index (χ4v) is 3.69. The van der Waals surface area contributed by atoms with Crippen LogP contribution in [0.3, 0.4) is 0 Å². The predicted octanol–water partition coefficient (Wildman–Crippen LogP) is 1.95. The topological polar surface area (TPSA) is 69.6 Å². The van der Waals surface area contributed by atoms with Crippen LogP contribution in [-0.2, 0) is 16.0 Å². The number of benzene rings is 1. The molecule has 0 spiro atoms. The van der Waals surface area contributed by atoms with Crippen molar-refractivity contribution in [2.24, 2.45) is 5.92 Å². The average Bonchev–Trinajstić information content (AvgIpc) is 2.95. The molecule has 5 nitrogen and oxygen atoms in total. The molecule has 2 heterocycles. The highest BCUT2D eigenvalue weighted by Gasteiger charge is 2.39. The van der Waals surface area contributed by atoms with Gasteiger partial charge in [-0.15, -0.1) is 0 Å². The molecule has 0 saturated carbocycles. The zero-order chi connectivity index (χ0) is 16.4. The van der Waals surface area contributed by atoms with E-state index in [1.165, 1.54) is 0 Å². The highest BCUT2D eigenvalue weighted by atomic mass is 16.3. The van der Waals surface area contributed by atoms with Crippen LogP contribution in [0.15, 0.2) is 24.3 Å². The monoisotopic (exact) mass is 316 g/mol. The molecule has 0 aliphatic carbocycles. The number of hydrogen-bond donors (Lipinski definition) is 2. The highest BCUT2D eigenvalue weighted by Crippen LogP contribution is 2.31. The lowest BCUT2D eigenvalue weighted by Gasteiger charge is -2.34. The largest absolute Gasteiger partial charge is 0.394 e. The van der Waals surface area contributed by atoms with E-state index in [0.29, 0.717) is 25.8 Å². The van der Waals surface area contributed by atoms with Crippen molar-refractivity contribution in [3.05, 3.63) is 29.8 Å². The quantitative estimate of drug-likeness (QED) is 0.892. The summed E-state index contributed by atoms with van der Waals surface area (Å²) in [4.78, 5) is 26.5. The van der Waals surface area contributed by atoms with Gasteiger partial charge in [0.15, 0.2) is 0 Å². The van der Waals surface area contributed by atoms with E-state index in [0.717, 1.165) is 24.1 Å². The molecule has 2 atom stereocenters. The van der Waals surface area contributed by atoms with Crippen LogP contribution >= 0.6 is 0 Å². The zero-order valence-corrected chi connectivity index (χ0v) is 13.5. The van der Waals surface area contributed by atoms with E-state index >= 15 is 0 Å². The summed E-state index contributed by atoms with van der Waals surface area (Å²) in [5.41, 5.74) is 1.58. The maximum absolute atomic E-state index is 12.5. The van der Waals surface area contributed by atoms with Gasteiger partial charge < -0.3 is 15.3 Å². The molecule has 23 heavy (non-hydrogen) atoms. The molecular formula is C18H24N2O3. The van der Waals surface area contributed by atoms with Gasteiger partial charge in [0.05, 0.1) is 12.1 Å². The molecule has 0 radical (unpaired) electrons. The summed E-state index contributed by atoms with van der Waals surface area (Å²) in [7, 11) is 0. The van der Waals surface area contributed by atoms with Gasteiger partial charge in [-0.2, -0.15) is 0 Å². The van der Waals surface area contributed by atoms with Crippen LogP contribution in [0.25, 0.3) is 0 Å². The number of hydrogen-bond acceptors (Lipinski definition) is 3. The normalized spacial score (nSPS) is 26.8. The Bertz CT molecular complexity index is 616. The SMILES string of the molecule is C[C@]1(CO)CCCN1C(=O)CC[C@H]1Cc2ccccc2NC1=O. The first-order valence-electron chi connectivity index (χ1n) is 8.33. The molecule has 1 aromatic carbocycles. The van der Waals surface area contributed by atoms with E-state index in [1.54, 1.807) is 4.90 Å². The molecule has 1 saturated heterocycles. The van der Waals surface area contributed by atoms with Gasteiger partial charge in [0.25, 0.3) is 0 Å². The lowest BCUT2D eigenvalue weighted by Crippen LogP contribution is -2.47. The van der Waals surface area contributed by atoms with E-state index < -0.39 is 5.54 Å². The molecular weight excluding hydrogens is 292 g/mol. The van der Waals surface area contributed by atoms with Gasteiger partial charge in [-0.3, -0.25) is 9.59 Å². The summed E-state index contributed by atoms with van der Waals surface area (Å²) < 4.78 is 0. The third-order valence-corrected chi connectivity index (χ3v) is 5.21. The van der Waals surface area contributed by atoms with Gasteiger partial charge in [0, 0.05) is 24.6 Å². The van der Waals surface area contributed by atoms with Crippen molar-refractivity contribution in [3.63, 3.8) is 0 Å². The fraction of sp³-hybridized carbons (Fsp3) is 0.556.